The number of piperidine rings is 1. The first-order chi connectivity index (χ1) is 8.13. The molecule has 2 atom stereocenters. The highest BCUT2D eigenvalue weighted by molar-refractivity contribution is 5.84. The van der Waals surface area contributed by atoms with Crippen molar-refractivity contribution in [2.24, 2.45) is 5.92 Å². The van der Waals surface area contributed by atoms with E-state index in [4.69, 9.17) is 0 Å². The first-order valence-corrected chi connectivity index (χ1v) is 6.40. The van der Waals surface area contributed by atoms with Crippen LogP contribution in [0.5, 0.6) is 0 Å². The number of carbonyl (C=O) groups is 2. The van der Waals surface area contributed by atoms with Gasteiger partial charge in [-0.1, -0.05) is 13.8 Å². The molecule has 1 saturated heterocycles. The van der Waals surface area contributed by atoms with E-state index in [1.54, 1.807) is 0 Å². The standard InChI is InChI=1S/C12H23N3O2/c1-3-4-11(16)14-8-12(17)15-10-7-13-6-5-9(10)2/h9-10,13H,3-8H2,1-2H3,(H,14,16)(H,15,17). The molecule has 98 valence electrons. The highest BCUT2D eigenvalue weighted by Gasteiger charge is 2.22. The maximum absolute atomic E-state index is 11.6. The molecule has 1 aliphatic rings. The lowest BCUT2D eigenvalue weighted by Gasteiger charge is -2.30. The molecule has 3 N–H and O–H groups in total. The van der Waals surface area contributed by atoms with Crippen LogP contribution < -0.4 is 16.0 Å². The number of rotatable bonds is 5. The number of nitrogens with one attached hydrogen (secondary N) is 3. The van der Waals surface area contributed by atoms with Crippen LogP contribution >= 0.6 is 0 Å². The van der Waals surface area contributed by atoms with Crippen molar-refractivity contribution >= 4 is 11.8 Å². The number of hydrogen-bond donors (Lipinski definition) is 3. The maximum Gasteiger partial charge on any atom is 0.239 e. The summed E-state index contributed by atoms with van der Waals surface area (Å²) in [6.45, 7) is 6.00. The summed E-state index contributed by atoms with van der Waals surface area (Å²) in [5, 5.41) is 8.82. The first kappa shape index (κ1) is 14.0. The van der Waals surface area contributed by atoms with Crippen molar-refractivity contribution in [1.82, 2.24) is 16.0 Å². The monoisotopic (exact) mass is 241 g/mol. The lowest BCUT2D eigenvalue weighted by molar-refractivity contribution is -0.126. The smallest absolute Gasteiger partial charge is 0.239 e. The average Bonchev–Trinajstić information content (AvgIpc) is 2.30. The topological polar surface area (TPSA) is 70.2 Å². The number of amides is 2. The summed E-state index contributed by atoms with van der Waals surface area (Å²) in [5.41, 5.74) is 0. The van der Waals surface area contributed by atoms with E-state index < -0.39 is 0 Å². The lowest BCUT2D eigenvalue weighted by atomic mass is 9.95. The van der Waals surface area contributed by atoms with Gasteiger partial charge in [0.1, 0.15) is 0 Å². The van der Waals surface area contributed by atoms with Crippen molar-refractivity contribution in [1.29, 1.82) is 0 Å². The van der Waals surface area contributed by atoms with Crippen LogP contribution in [0, 0.1) is 5.92 Å². The molecule has 1 aliphatic heterocycles. The normalized spacial score (nSPS) is 24.1. The van der Waals surface area contributed by atoms with Gasteiger partial charge in [-0.3, -0.25) is 9.59 Å². The molecule has 1 heterocycles. The third-order valence-electron chi connectivity index (χ3n) is 3.10. The molecule has 2 unspecified atom stereocenters. The van der Waals surface area contributed by atoms with Crippen LogP contribution in [-0.2, 0) is 9.59 Å². The molecule has 0 radical (unpaired) electrons. The van der Waals surface area contributed by atoms with Crippen molar-refractivity contribution in [3.63, 3.8) is 0 Å². The predicted molar refractivity (Wildman–Crippen MR) is 66.5 cm³/mol. The van der Waals surface area contributed by atoms with Gasteiger partial charge in [-0.2, -0.15) is 0 Å². The highest BCUT2D eigenvalue weighted by atomic mass is 16.2. The zero-order valence-corrected chi connectivity index (χ0v) is 10.7. The summed E-state index contributed by atoms with van der Waals surface area (Å²) < 4.78 is 0. The van der Waals surface area contributed by atoms with E-state index in [1.807, 2.05) is 6.92 Å². The van der Waals surface area contributed by atoms with Gasteiger partial charge in [0.05, 0.1) is 6.54 Å². The summed E-state index contributed by atoms with van der Waals surface area (Å²) in [6.07, 6.45) is 2.36. The van der Waals surface area contributed by atoms with E-state index in [2.05, 4.69) is 22.9 Å². The summed E-state index contributed by atoms with van der Waals surface area (Å²) in [5.74, 6) is 0.332. The summed E-state index contributed by atoms with van der Waals surface area (Å²) in [6, 6.07) is 0.180. The van der Waals surface area contributed by atoms with Gasteiger partial charge in [-0.25, -0.2) is 0 Å². The fourth-order valence-electron chi connectivity index (χ4n) is 1.94. The van der Waals surface area contributed by atoms with Gasteiger partial charge < -0.3 is 16.0 Å². The van der Waals surface area contributed by atoms with E-state index in [0.29, 0.717) is 12.3 Å². The van der Waals surface area contributed by atoms with E-state index in [9.17, 15) is 9.59 Å². The van der Waals surface area contributed by atoms with Gasteiger partial charge in [-0.05, 0) is 25.3 Å². The van der Waals surface area contributed by atoms with Gasteiger partial charge in [-0.15, -0.1) is 0 Å². The molecule has 1 rings (SSSR count). The predicted octanol–water partition coefficient (Wildman–Crippen LogP) is 0.0169. The van der Waals surface area contributed by atoms with Gasteiger partial charge in [0.15, 0.2) is 0 Å². The van der Waals surface area contributed by atoms with E-state index in [-0.39, 0.29) is 24.4 Å². The Kier molecular flexibility index (Phi) is 5.97. The van der Waals surface area contributed by atoms with Crippen LogP contribution in [0.3, 0.4) is 0 Å². The first-order valence-electron chi connectivity index (χ1n) is 6.40. The quantitative estimate of drug-likeness (QED) is 0.635. The van der Waals surface area contributed by atoms with Crippen molar-refractivity contribution in [2.45, 2.75) is 39.2 Å². The SMILES string of the molecule is CCCC(=O)NCC(=O)NC1CNCCC1C. The molecular weight excluding hydrogens is 218 g/mol. The van der Waals surface area contributed by atoms with Gasteiger partial charge in [0.2, 0.25) is 11.8 Å². The number of carbonyl (C=O) groups excluding carboxylic acids is 2. The minimum atomic E-state index is -0.102. The highest BCUT2D eigenvalue weighted by Crippen LogP contribution is 2.10. The molecule has 0 saturated carbocycles. The van der Waals surface area contributed by atoms with Crippen molar-refractivity contribution in [2.75, 3.05) is 19.6 Å². The van der Waals surface area contributed by atoms with Crippen molar-refractivity contribution in [3.05, 3.63) is 0 Å². The lowest BCUT2D eigenvalue weighted by Crippen LogP contribution is -2.52. The molecule has 0 aromatic heterocycles. The second-order valence-corrected chi connectivity index (χ2v) is 4.67. The fourth-order valence-corrected chi connectivity index (χ4v) is 1.94. The Hall–Kier alpha value is -1.10. The van der Waals surface area contributed by atoms with E-state index >= 15 is 0 Å². The Morgan fingerprint density at radius 1 is 1.35 bits per heavy atom. The second-order valence-electron chi connectivity index (χ2n) is 4.67. The molecule has 0 aromatic carbocycles. The molecule has 0 aromatic rings. The zero-order valence-electron chi connectivity index (χ0n) is 10.7. The molecular formula is C12H23N3O2. The molecule has 5 nitrogen and oxygen atoms in total. The van der Waals surface area contributed by atoms with E-state index in [0.717, 1.165) is 25.9 Å². The van der Waals surface area contributed by atoms with Crippen LogP contribution in [-0.4, -0.2) is 37.5 Å². The van der Waals surface area contributed by atoms with E-state index in [1.165, 1.54) is 0 Å². The average molecular weight is 241 g/mol. The Bertz CT molecular complexity index is 268. The Morgan fingerprint density at radius 3 is 2.76 bits per heavy atom. The zero-order chi connectivity index (χ0) is 12.7. The molecule has 1 fully saturated rings. The van der Waals surface area contributed by atoms with Crippen LogP contribution in [0.15, 0.2) is 0 Å². The summed E-state index contributed by atoms with van der Waals surface area (Å²) in [7, 11) is 0. The minimum Gasteiger partial charge on any atom is -0.350 e. The molecule has 0 bridgehead atoms. The minimum absolute atomic E-state index is 0.0579. The van der Waals surface area contributed by atoms with Gasteiger partial charge in [0, 0.05) is 19.0 Å². The Balaban J connectivity index is 2.22. The molecule has 0 spiro atoms. The van der Waals surface area contributed by atoms with Crippen LogP contribution in [0.1, 0.15) is 33.1 Å². The third kappa shape index (κ3) is 5.17. The molecule has 0 aliphatic carbocycles. The van der Waals surface area contributed by atoms with Gasteiger partial charge >= 0.3 is 0 Å². The van der Waals surface area contributed by atoms with Gasteiger partial charge in [0.25, 0.3) is 0 Å². The van der Waals surface area contributed by atoms with Crippen molar-refractivity contribution in [3.8, 4) is 0 Å². The largest absolute Gasteiger partial charge is 0.350 e. The molecule has 5 heteroatoms. The molecule has 17 heavy (non-hydrogen) atoms. The molecule has 2 amide bonds. The third-order valence-corrected chi connectivity index (χ3v) is 3.10. The maximum atomic E-state index is 11.6. The second kappa shape index (κ2) is 7.27. The Morgan fingerprint density at radius 2 is 2.12 bits per heavy atom. The van der Waals surface area contributed by atoms with Crippen molar-refractivity contribution < 1.29 is 9.59 Å². The number of hydrogen-bond acceptors (Lipinski definition) is 3. The summed E-state index contributed by atoms with van der Waals surface area (Å²) in [4.78, 5) is 22.8. The van der Waals surface area contributed by atoms with Crippen LogP contribution in [0.2, 0.25) is 0 Å². The Labute approximate surface area is 103 Å². The summed E-state index contributed by atoms with van der Waals surface area (Å²) >= 11 is 0. The fraction of sp³-hybridized carbons (Fsp3) is 0.833. The van der Waals surface area contributed by atoms with Crippen LogP contribution in [0.4, 0.5) is 0 Å². The van der Waals surface area contributed by atoms with Crippen LogP contribution in [0.25, 0.3) is 0 Å².